The van der Waals surface area contributed by atoms with Gasteiger partial charge in [0.15, 0.2) is 0 Å². The van der Waals surface area contributed by atoms with Crippen LogP contribution in [0.15, 0.2) is 71.2 Å². The van der Waals surface area contributed by atoms with Crippen LogP contribution in [0.3, 0.4) is 0 Å². The van der Waals surface area contributed by atoms with Crippen molar-refractivity contribution >= 4 is 39.4 Å². The summed E-state index contributed by atoms with van der Waals surface area (Å²) >= 11 is 5.79. The van der Waals surface area contributed by atoms with Gasteiger partial charge in [0.25, 0.3) is 10.0 Å². The molecule has 0 atom stereocenters. The number of hydrogen-bond acceptors (Lipinski definition) is 4. The van der Waals surface area contributed by atoms with Crippen LogP contribution in [0.5, 0.6) is 0 Å². The summed E-state index contributed by atoms with van der Waals surface area (Å²) < 4.78 is 32.1. The summed E-state index contributed by atoms with van der Waals surface area (Å²) in [6.07, 6.45) is 4.90. The quantitative estimate of drug-likeness (QED) is 0.413. The molecular weight excluding hydrogens is 386 g/mol. The molecule has 7 heteroatoms. The molecule has 0 aliphatic rings. The van der Waals surface area contributed by atoms with Gasteiger partial charge in [0.2, 0.25) is 0 Å². The molecular formula is C20H20ClNO4S. The van der Waals surface area contributed by atoms with Crippen LogP contribution in [0.2, 0.25) is 5.02 Å². The summed E-state index contributed by atoms with van der Waals surface area (Å²) in [5.74, 6) is -0.391. The molecule has 0 saturated heterocycles. The van der Waals surface area contributed by atoms with E-state index in [1.54, 1.807) is 37.3 Å². The number of hydrogen-bond donors (Lipinski definition) is 1. The number of sulfonamides is 1. The highest BCUT2D eigenvalue weighted by Gasteiger charge is 2.13. The molecule has 2 rings (SSSR count). The first-order valence-corrected chi connectivity index (χ1v) is 10.1. The molecule has 0 bridgehead atoms. The summed E-state index contributed by atoms with van der Waals surface area (Å²) in [7, 11) is -3.68. The Bertz CT molecular complexity index is 946. The maximum Gasteiger partial charge on any atom is 0.330 e. The van der Waals surface area contributed by atoms with Crippen LogP contribution in [-0.4, -0.2) is 21.0 Å². The Balaban J connectivity index is 2.07. The zero-order valence-corrected chi connectivity index (χ0v) is 16.5. The van der Waals surface area contributed by atoms with Gasteiger partial charge >= 0.3 is 5.97 Å². The summed E-state index contributed by atoms with van der Waals surface area (Å²) in [6, 6.07) is 12.8. The number of ether oxygens (including phenoxy) is 1. The van der Waals surface area contributed by atoms with Crippen molar-refractivity contribution in [3.05, 3.63) is 76.8 Å². The fraction of sp³-hybridized carbons (Fsp3) is 0.150. The second-order valence-corrected chi connectivity index (χ2v) is 7.77. The molecule has 0 heterocycles. The second-order valence-electron chi connectivity index (χ2n) is 5.66. The first kappa shape index (κ1) is 20.7. The van der Waals surface area contributed by atoms with Crippen molar-refractivity contribution in [2.24, 2.45) is 0 Å². The van der Waals surface area contributed by atoms with Crippen LogP contribution in [-0.2, 0) is 19.6 Å². The molecule has 1 N–H and O–H groups in total. The highest BCUT2D eigenvalue weighted by molar-refractivity contribution is 7.92. The van der Waals surface area contributed by atoms with Crippen molar-refractivity contribution < 1.29 is 17.9 Å². The maximum absolute atomic E-state index is 12.4. The van der Waals surface area contributed by atoms with Crippen LogP contribution in [0.1, 0.15) is 19.4 Å². The average Bonchev–Trinajstić information content (AvgIpc) is 2.62. The molecule has 0 radical (unpaired) electrons. The summed E-state index contributed by atoms with van der Waals surface area (Å²) in [6.45, 7) is 3.93. The van der Waals surface area contributed by atoms with E-state index >= 15 is 0 Å². The predicted molar refractivity (Wildman–Crippen MR) is 108 cm³/mol. The SMILES string of the molecule is CCOC(=O)/C=C/C(C)=C/c1ccc(NS(=O)(=O)c2ccc(Cl)cc2)cc1. The molecule has 2 aromatic carbocycles. The Morgan fingerprint density at radius 2 is 1.70 bits per heavy atom. The molecule has 27 heavy (non-hydrogen) atoms. The molecule has 0 fully saturated rings. The fourth-order valence-electron chi connectivity index (χ4n) is 2.18. The standard InChI is InChI=1S/C20H20ClNO4S/c1-3-26-20(23)13-4-15(2)14-16-5-9-18(10-6-16)22-27(24,25)19-11-7-17(21)8-12-19/h4-14,22H,3H2,1-2H3/b13-4+,15-14+. The predicted octanol–water partition coefficient (Wildman–Crippen LogP) is 4.66. The van der Waals surface area contributed by atoms with E-state index < -0.39 is 16.0 Å². The van der Waals surface area contributed by atoms with Gasteiger partial charge in [0.1, 0.15) is 0 Å². The molecule has 0 saturated carbocycles. The van der Waals surface area contributed by atoms with Crippen molar-refractivity contribution in [3.8, 4) is 0 Å². The number of carbonyl (C=O) groups excluding carboxylic acids is 1. The smallest absolute Gasteiger partial charge is 0.330 e. The lowest BCUT2D eigenvalue weighted by molar-refractivity contribution is -0.137. The number of esters is 1. The Labute approximate surface area is 164 Å². The van der Waals surface area contributed by atoms with Crippen molar-refractivity contribution in [1.29, 1.82) is 0 Å². The number of benzene rings is 2. The van der Waals surface area contributed by atoms with Crippen molar-refractivity contribution in [2.75, 3.05) is 11.3 Å². The third kappa shape index (κ3) is 6.58. The lowest BCUT2D eigenvalue weighted by atomic mass is 10.1. The fourth-order valence-corrected chi connectivity index (χ4v) is 3.36. The van der Waals surface area contributed by atoms with Gasteiger partial charge in [-0.2, -0.15) is 0 Å². The van der Waals surface area contributed by atoms with E-state index in [9.17, 15) is 13.2 Å². The Kier molecular flexibility index (Phi) is 7.21. The van der Waals surface area contributed by atoms with Gasteiger partial charge < -0.3 is 4.74 Å². The van der Waals surface area contributed by atoms with Gasteiger partial charge in [-0.1, -0.05) is 41.5 Å². The third-order valence-electron chi connectivity index (χ3n) is 3.45. The van der Waals surface area contributed by atoms with Crippen LogP contribution in [0, 0.1) is 0 Å². The number of halogens is 1. The molecule has 0 amide bonds. The van der Waals surface area contributed by atoms with Crippen LogP contribution < -0.4 is 4.72 Å². The monoisotopic (exact) mass is 405 g/mol. The molecule has 0 unspecified atom stereocenters. The van der Waals surface area contributed by atoms with E-state index in [1.165, 1.54) is 30.3 Å². The van der Waals surface area contributed by atoms with E-state index in [4.69, 9.17) is 16.3 Å². The summed E-state index contributed by atoms with van der Waals surface area (Å²) in [4.78, 5) is 11.4. The third-order valence-corrected chi connectivity index (χ3v) is 5.10. The Hall–Kier alpha value is -2.57. The van der Waals surface area contributed by atoms with Crippen molar-refractivity contribution in [3.63, 3.8) is 0 Å². The molecule has 0 aromatic heterocycles. The maximum atomic E-state index is 12.4. The number of rotatable bonds is 7. The van der Waals surface area contributed by atoms with E-state index in [0.29, 0.717) is 17.3 Å². The van der Waals surface area contributed by atoms with Crippen LogP contribution >= 0.6 is 11.6 Å². The van der Waals surface area contributed by atoms with Crippen LogP contribution in [0.4, 0.5) is 5.69 Å². The van der Waals surface area contributed by atoms with Crippen LogP contribution in [0.25, 0.3) is 6.08 Å². The van der Waals surface area contributed by atoms with Gasteiger partial charge in [0, 0.05) is 16.8 Å². The van der Waals surface area contributed by atoms with Crippen molar-refractivity contribution in [2.45, 2.75) is 18.7 Å². The highest BCUT2D eigenvalue weighted by atomic mass is 35.5. The minimum absolute atomic E-state index is 0.135. The number of anilines is 1. The highest BCUT2D eigenvalue weighted by Crippen LogP contribution is 2.19. The lowest BCUT2D eigenvalue weighted by Crippen LogP contribution is -2.12. The lowest BCUT2D eigenvalue weighted by Gasteiger charge is -2.08. The second kappa shape index (κ2) is 9.39. The first-order valence-electron chi connectivity index (χ1n) is 8.22. The molecule has 2 aromatic rings. The van der Waals surface area contributed by atoms with E-state index in [2.05, 4.69) is 4.72 Å². The van der Waals surface area contributed by atoms with Gasteiger partial charge in [0.05, 0.1) is 11.5 Å². The van der Waals surface area contributed by atoms with E-state index in [0.717, 1.165) is 11.1 Å². The van der Waals surface area contributed by atoms with Gasteiger partial charge in [-0.25, -0.2) is 13.2 Å². The molecule has 142 valence electrons. The zero-order valence-electron chi connectivity index (χ0n) is 15.0. The summed E-state index contributed by atoms with van der Waals surface area (Å²) in [5.41, 5.74) is 2.18. The minimum Gasteiger partial charge on any atom is -0.463 e. The molecule has 0 aliphatic heterocycles. The minimum atomic E-state index is -3.68. The largest absolute Gasteiger partial charge is 0.463 e. The Morgan fingerprint density at radius 1 is 1.07 bits per heavy atom. The molecule has 0 aliphatic carbocycles. The van der Waals surface area contributed by atoms with Crippen molar-refractivity contribution in [1.82, 2.24) is 0 Å². The summed E-state index contributed by atoms with van der Waals surface area (Å²) in [5, 5.41) is 0.470. The van der Waals surface area contributed by atoms with Gasteiger partial charge in [-0.15, -0.1) is 0 Å². The van der Waals surface area contributed by atoms with E-state index in [1.807, 2.05) is 13.0 Å². The number of nitrogens with one attached hydrogen (secondary N) is 1. The number of allylic oxidation sites excluding steroid dienone is 2. The van der Waals surface area contributed by atoms with E-state index in [-0.39, 0.29) is 4.90 Å². The van der Waals surface area contributed by atoms with Gasteiger partial charge in [-0.05, 0) is 55.8 Å². The number of carbonyl (C=O) groups is 1. The normalized spacial score (nSPS) is 12.2. The van der Waals surface area contributed by atoms with Gasteiger partial charge in [-0.3, -0.25) is 4.72 Å². The molecule has 0 spiro atoms. The zero-order chi connectivity index (χ0) is 19.9. The molecule has 5 nitrogen and oxygen atoms in total. The topological polar surface area (TPSA) is 72.5 Å². The average molecular weight is 406 g/mol. The first-order chi connectivity index (χ1) is 12.8. The Morgan fingerprint density at radius 3 is 2.30 bits per heavy atom.